The molecular formula is C14H12BrN3S. The van der Waals surface area contributed by atoms with Gasteiger partial charge < -0.3 is 5.32 Å². The number of fused-ring (bicyclic) bond motifs is 1. The van der Waals surface area contributed by atoms with Gasteiger partial charge >= 0.3 is 0 Å². The van der Waals surface area contributed by atoms with E-state index >= 15 is 0 Å². The molecule has 0 saturated carbocycles. The van der Waals surface area contributed by atoms with Gasteiger partial charge in [-0.15, -0.1) is 11.3 Å². The molecule has 0 aliphatic rings. The van der Waals surface area contributed by atoms with Crippen LogP contribution in [0.4, 0.5) is 5.82 Å². The maximum atomic E-state index is 4.34. The zero-order valence-electron chi connectivity index (χ0n) is 10.3. The maximum Gasteiger partial charge on any atom is 0.138 e. The van der Waals surface area contributed by atoms with Gasteiger partial charge in [-0.25, -0.2) is 9.97 Å². The minimum atomic E-state index is 0.200. The van der Waals surface area contributed by atoms with E-state index < -0.39 is 0 Å². The minimum absolute atomic E-state index is 0.200. The molecule has 1 atom stereocenters. The quantitative estimate of drug-likeness (QED) is 0.759. The summed E-state index contributed by atoms with van der Waals surface area (Å²) in [5.74, 6) is 0.890. The van der Waals surface area contributed by atoms with E-state index in [-0.39, 0.29) is 6.04 Å². The second kappa shape index (κ2) is 5.27. The smallest absolute Gasteiger partial charge is 0.138 e. The number of rotatable bonds is 3. The van der Waals surface area contributed by atoms with Crippen LogP contribution in [0.15, 0.2) is 46.5 Å². The van der Waals surface area contributed by atoms with Crippen molar-refractivity contribution in [2.75, 3.05) is 5.32 Å². The lowest BCUT2D eigenvalue weighted by atomic mass is 10.1. The lowest BCUT2D eigenvalue weighted by molar-refractivity contribution is 0.876. The fourth-order valence-electron chi connectivity index (χ4n) is 1.94. The van der Waals surface area contributed by atoms with Crippen molar-refractivity contribution in [3.8, 4) is 0 Å². The zero-order valence-corrected chi connectivity index (χ0v) is 12.7. The first-order valence-corrected chi connectivity index (χ1v) is 7.61. The summed E-state index contributed by atoms with van der Waals surface area (Å²) in [6, 6.07) is 10.6. The number of nitrogens with one attached hydrogen (secondary N) is 1. The molecule has 0 bridgehead atoms. The average Bonchev–Trinajstić information content (AvgIpc) is 2.89. The average molecular weight is 334 g/mol. The van der Waals surface area contributed by atoms with Gasteiger partial charge in [-0.3, -0.25) is 0 Å². The van der Waals surface area contributed by atoms with Crippen LogP contribution in [0.3, 0.4) is 0 Å². The van der Waals surface area contributed by atoms with Gasteiger partial charge in [0.05, 0.1) is 5.39 Å². The molecule has 5 heteroatoms. The van der Waals surface area contributed by atoms with Crippen molar-refractivity contribution in [2.45, 2.75) is 13.0 Å². The van der Waals surface area contributed by atoms with Gasteiger partial charge in [0.2, 0.25) is 0 Å². The first kappa shape index (κ1) is 12.6. The third kappa shape index (κ3) is 2.62. The Bertz CT molecular complexity index is 693. The normalized spacial score (nSPS) is 12.5. The summed E-state index contributed by atoms with van der Waals surface area (Å²) in [7, 11) is 0. The third-order valence-corrected chi connectivity index (χ3v) is 4.33. The van der Waals surface area contributed by atoms with E-state index in [0.717, 1.165) is 20.5 Å². The Kier molecular flexibility index (Phi) is 3.48. The van der Waals surface area contributed by atoms with Crippen molar-refractivity contribution < 1.29 is 0 Å². The molecule has 1 aromatic carbocycles. The van der Waals surface area contributed by atoms with Crippen LogP contribution in [0.25, 0.3) is 10.2 Å². The Morgan fingerprint density at radius 2 is 1.95 bits per heavy atom. The minimum Gasteiger partial charge on any atom is -0.363 e. The van der Waals surface area contributed by atoms with Crippen molar-refractivity contribution in [2.24, 2.45) is 0 Å². The first-order valence-electron chi connectivity index (χ1n) is 5.94. The van der Waals surface area contributed by atoms with Gasteiger partial charge in [-0.2, -0.15) is 0 Å². The summed E-state index contributed by atoms with van der Waals surface area (Å²) >= 11 is 5.08. The molecule has 0 radical (unpaired) electrons. The predicted molar refractivity (Wildman–Crippen MR) is 83.6 cm³/mol. The summed E-state index contributed by atoms with van der Waals surface area (Å²) in [5, 5.41) is 6.56. The molecule has 0 aliphatic heterocycles. The number of hydrogen-bond donors (Lipinski definition) is 1. The van der Waals surface area contributed by atoms with E-state index in [0.29, 0.717) is 0 Å². The number of nitrogens with zero attached hydrogens (tertiary/aromatic N) is 2. The second-order valence-electron chi connectivity index (χ2n) is 4.28. The van der Waals surface area contributed by atoms with Gasteiger partial charge in [-0.05, 0) is 36.1 Å². The van der Waals surface area contributed by atoms with Crippen molar-refractivity contribution in [3.63, 3.8) is 0 Å². The second-order valence-corrected chi connectivity index (χ2v) is 6.09. The lowest BCUT2D eigenvalue weighted by Gasteiger charge is -2.15. The Morgan fingerprint density at radius 3 is 2.74 bits per heavy atom. The molecule has 3 aromatic rings. The summed E-state index contributed by atoms with van der Waals surface area (Å²) < 4.78 is 1.09. The highest BCUT2D eigenvalue weighted by Crippen LogP contribution is 2.27. The van der Waals surface area contributed by atoms with Crippen LogP contribution in [0, 0.1) is 0 Å². The Morgan fingerprint density at radius 1 is 1.16 bits per heavy atom. The van der Waals surface area contributed by atoms with Crippen LogP contribution >= 0.6 is 27.3 Å². The Labute approximate surface area is 123 Å². The lowest BCUT2D eigenvalue weighted by Crippen LogP contribution is -2.08. The third-order valence-electron chi connectivity index (χ3n) is 2.98. The molecule has 0 spiro atoms. The molecule has 96 valence electrons. The molecule has 3 nitrogen and oxygen atoms in total. The van der Waals surface area contributed by atoms with E-state index in [1.54, 1.807) is 17.7 Å². The molecule has 0 aliphatic carbocycles. The van der Waals surface area contributed by atoms with Crippen LogP contribution in [-0.2, 0) is 0 Å². The van der Waals surface area contributed by atoms with E-state index in [4.69, 9.17) is 0 Å². The fourth-order valence-corrected chi connectivity index (χ4v) is 2.94. The summed E-state index contributed by atoms with van der Waals surface area (Å²) in [4.78, 5) is 9.61. The van der Waals surface area contributed by atoms with Gasteiger partial charge in [0.1, 0.15) is 17.0 Å². The summed E-state index contributed by atoms with van der Waals surface area (Å²) in [6.07, 6.45) is 1.61. The topological polar surface area (TPSA) is 37.8 Å². The SMILES string of the molecule is C[C@H](Nc1ncnc2sccc12)c1ccc(Br)cc1. The van der Waals surface area contributed by atoms with Crippen LogP contribution in [0.2, 0.25) is 0 Å². The molecule has 0 saturated heterocycles. The van der Waals surface area contributed by atoms with E-state index in [1.165, 1.54) is 5.56 Å². The predicted octanol–water partition coefficient (Wildman–Crippen LogP) is 4.63. The van der Waals surface area contributed by atoms with Crippen LogP contribution in [0.1, 0.15) is 18.5 Å². The van der Waals surface area contributed by atoms with Crippen molar-refractivity contribution >= 4 is 43.3 Å². The number of anilines is 1. The zero-order chi connectivity index (χ0) is 13.2. The molecule has 3 rings (SSSR count). The van der Waals surface area contributed by atoms with Crippen LogP contribution in [0.5, 0.6) is 0 Å². The van der Waals surface area contributed by atoms with Crippen molar-refractivity contribution in [1.29, 1.82) is 0 Å². The molecule has 2 aromatic heterocycles. The monoisotopic (exact) mass is 333 g/mol. The summed E-state index contributed by atoms with van der Waals surface area (Å²) in [5.41, 5.74) is 1.23. The molecule has 19 heavy (non-hydrogen) atoms. The number of thiophene rings is 1. The molecular weight excluding hydrogens is 322 g/mol. The number of aromatic nitrogens is 2. The molecule has 1 N–H and O–H groups in total. The van der Waals surface area contributed by atoms with Gasteiger partial charge in [0.25, 0.3) is 0 Å². The van der Waals surface area contributed by atoms with Crippen molar-refractivity contribution in [1.82, 2.24) is 9.97 Å². The first-order chi connectivity index (χ1) is 9.24. The van der Waals surface area contributed by atoms with Gasteiger partial charge in [0.15, 0.2) is 0 Å². The van der Waals surface area contributed by atoms with Crippen LogP contribution in [-0.4, -0.2) is 9.97 Å². The molecule has 0 amide bonds. The van der Waals surface area contributed by atoms with Gasteiger partial charge in [0, 0.05) is 10.5 Å². The Balaban J connectivity index is 1.88. The molecule has 0 fully saturated rings. The number of benzene rings is 1. The van der Waals surface area contributed by atoms with E-state index in [1.807, 2.05) is 17.5 Å². The highest BCUT2D eigenvalue weighted by atomic mass is 79.9. The maximum absolute atomic E-state index is 4.34. The largest absolute Gasteiger partial charge is 0.363 e. The summed E-state index contributed by atoms with van der Waals surface area (Å²) in [6.45, 7) is 2.13. The fraction of sp³-hybridized carbons (Fsp3) is 0.143. The van der Waals surface area contributed by atoms with E-state index in [2.05, 4.69) is 56.3 Å². The molecule has 2 heterocycles. The molecule has 0 unspecified atom stereocenters. The van der Waals surface area contributed by atoms with E-state index in [9.17, 15) is 0 Å². The van der Waals surface area contributed by atoms with Gasteiger partial charge in [-0.1, -0.05) is 28.1 Å². The Hall–Kier alpha value is -1.46. The number of halogens is 1. The van der Waals surface area contributed by atoms with Crippen LogP contribution < -0.4 is 5.32 Å². The van der Waals surface area contributed by atoms with Crippen molar-refractivity contribution in [3.05, 3.63) is 52.1 Å². The highest BCUT2D eigenvalue weighted by molar-refractivity contribution is 9.10. The standard InChI is InChI=1S/C14H12BrN3S/c1-9(10-2-4-11(15)5-3-10)18-13-12-6-7-19-14(12)17-8-16-13/h2-9H,1H3,(H,16,17,18)/t9-/m0/s1. The number of hydrogen-bond acceptors (Lipinski definition) is 4. The highest BCUT2D eigenvalue weighted by Gasteiger charge is 2.09.